The summed E-state index contributed by atoms with van der Waals surface area (Å²) in [6.07, 6.45) is 5.23. The van der Waals surface area contributed by atoms with E-state index in [2.05, 4.69) is 15.3 Å². The number of hydrogen-bond acceptors (Lipinski definition) is 6. The molecule has 168 valence electrons. The second-order valence-electron chi connectivity index (χ2n) is 7.45. The zero-order valence-electron chi connectivity index (χ0n) is 18.4. The number of carbonyl (C=O) groups excluding carboxylic acids is 1. The van der Waals surface area contributed by atoms with Gasteiger partial charge in [0.2, 0.25) is 0 Å². The highest BCUT2D eigenvalue weighted by atomic mass is 32.1. The van der Waals surface area contributed by atoms with Crippen LogP contribution in [-0.2, 0) is 6.54 Å². The molecule has 1 amide bonds. The number of rotatable bonds is 7. The molecule has 5 aromatic rings. The number of amides is 1. The normalized spacial score (nSPS) is 10.7. The van der Waals surface area contributed by atoms with Crippen LogP contribution in [0.5, 0.6) is 5.75 Å². The summed E-state index contributed by atoms with van der Waals surface area (Å²) < 4.78 is 6.99. The first-order valence-electron chi connectivity index (χ1n) is 10.6. The van der Waals surface area contributed by atoms with E-state index in [1.165, 1.54) is 11.3 Å². The summed E-state index contributed by atoms with van der Waals surface area (Å²) in [6.45, 7) is 0.327. The van der Waals surface area contributed by atoms with Crippen molar-refractivity contribution in [3.63, 3.8) is 0 Å². The molecular weight excluding hydrogens is 446 g/mol. The van der Waals surface area contributed by atoms with E-state index in [0.29, 0.717) is 17.8 Å². The molecule has 3 aromatic heterocycles. The Balaban J connectivity index is 1.40. The van der Waals surface area contributed by atoms with Gasteiger partial charge in [0, 0.05) is 35.1 Å². The summed E-state index contributed by atoms with van der Waals surface area (Å²) >= 11 is 1.51. The molecule has 0 fully saturated rings. The predicted octanol–water partition coefficient (Wildman–Crippen LogP) is 5.00. The van der Waals surface area contributed by atoms with Gasteiger partial charge in [-0.05, 0) is 48.5 Å². The average molecular weight is 468 g/mol. The third kappa shape index (κ3) is 4.57. The molecule has 0 atom stereocenters. The number of ether oxygens (including phenoxy) is 1. The third-order valence-corrected chi connectivity index (χ3v) is 6.12. The molecule has 34 heavy (non-hydrogen) atoms. The number of carbonyl (C=O) groups is 1. The van der Waals surface area contributed by atoms with Crippen molar-refractivity contribution in [1.29, 1.82) is 0 Å². The molecule has 0 spiro atoms. The number of para-hydroxylation sites is 1. The fourth-order valence-corrected chi connectivity index (χ4v) is 4.26. The lowest BCUT2D eigenvalue weighted by Crippen LogP contribution is -2.23. The minimum Gasteiger partial charge on any atom is -0.497 e. The van der Waals surface area contributed by atoms with Crippen molar-refractivity contribution < 1.29 is 9.53 Å². The SMILES string of the molecule is COc1ccc(-c2nn(-c3ccccc3)cc2C(=O)NCc2nc(-c3ccncc3)cs2)cc1. The van der Waals surface area contributed by atoms with Crippen molar-refractivity contribution >= 4 is 17.2 Å². The Morgan fingerprint density at radius 1 is 1.00 bits per heavy atom. The van der Waals surface area contributed by atoms with E-state index in [9.17, 15) is 4.79 Å². The van der Waals surface area contributed by atoms with Gasteiger partial charge in [-0.25, -0.2) is 9.67 Å². The van der Waals surface area contributed by atoms with E-state index < -0.39 is 0 Å². The van der Waals surface area contributed by atoms with E-state index in [-0.39, 0.29) is 5.91 Å². The summed E-state index contributed by atoms with van der Waals surface area (Å²) in [7, 11) is 1.62. The molecule has 5 rings (SSSR count). The number of aromatic nitrogens is 4. The second-order valence-corrected chi connectivity index (χ2v) is 8.39. The van der Waals surface area contributed by atoms with Crippen molar-refractivity contribution in [2.24, 2.45) is 0 Å². The van der Waals surface area contributed by atoms with E-state index in [0.717, 1.165) is 33.3 Å². The first-order chi connectivity index (χ1) is 16.7. The third-order valence-electron chi connectivity index (χ3n) is 5.27. The lowest BCUT2D eigenvalue weighted by molar-refractivity contribution is 0.0951. The molecular formula is C26H21N5O2S. The number of nitrogens with one attached hydrogen (secondary N) is 1. The van der Waals surface area contributed by atoms with Crippen LogP contribution in [0.4, 0.5) is 0 Å². The molecule has 0 aliphatic carbocycles. The first kappa shape index (κ1) is 21.5. The molecule has 2 aromatic carbocycles. The maximum Gasteiger partial charge on any atom is 0.255 e. The van der Waals surface area contributed by atoms with Crippen LogP contribution in [0, 0.1) is 0 Å². The van der Waals surface area contributed by atoms with Gasteiger partial charge in [0.1, 0.15) is 16.5 Å². The fourth-order valence-electron chi connectivity index (χ4n) is 3.51. The van der Waals surface area contributed by atoms with Gasteiger partial charge in [-0.15, -0.1) is 11.3 Å². The zero-order valence-corrected chi connectivity index (χ0v) is 19.2. The lowest BCUT2D eigenvalue weighted by atomic mass is 10.1. The monoisotopic (exact) mass is 467 g/mol. The van der Waals surface area contributed by atoms with Gasteiger partial charge < -0.3 is 10.1 Å². The highest BCUT2D eigenvalue weighted by Crippen LogP contribution is 2.26. The highest BCUT2D eigenvalue weighted by Gasteiger charge is 2.19. The average Bonchev–Trinajstić information content (AvgIpc) is 3.56. The predicted molar refractivity (Wildman–Crippen MR) is 132 cm³/mol. The number of benzene rings is 2. The standard InChI is InChI=1S/C26H21N5O2S/c1-33-21-9-7-19(8-10-21)25-22(16-31(30-25)20-5-3-2-4-6-20)26(32)28-15-24-29-23(17-34-24)18-11-13-27-14-12-18/h2-14,16-17H,15H2,1H3,(H,28,32). The summed E-state index contributed by atoms with van der Waals surface area (Å²) in [5.41, 5.74) is 4.65. The van der Waals surface area contributed by atoms with Crippen molar-refractivity contribution in [2.45, 2.75) is 6.54 Å². The van der Waals surface area contributed by atoms with Crippen molar-refractivity contribution in [3.8, 4) is 34.0 Å². The second kappa shape index (κ2) is 9.68. The van der Waals surface area contributed by atoms with Crippen LogP contribution >= 0.6 is 11.3 Å². The van der Waals surface area contributed by atoms with Gasteiger partial charge in [-0.3, -0.25) is 9.78 Å². The van der Waals surface area contributed by atoms with Crippen molar-refractivity contribution in [1.82, 2.24) is 25.1 Å². The number of nitrogens with zero attached hydrogens (tertiary/aromatic N) is 4. The number of hydrogen-bond donors (Lipinski definition) is 1. The van der Waals surface area contributed by atoms with Crippen molar-refractivity contribution in [3.05, 3.63) is 101 Å². The summed E-state index contributed by atoms with van der Waals surface area (Å²) in [5, 5.41) is 10.5. The first-order valence-corrected chi connectivity index (χ1v) is 11.5. The number of pyridine rings is 1. The molecule has 0 saturated carbocycles. The van der Waals surface area contributed by atoms with Crippen LogP contribution in [-0.4, -0.2) is 32.8 Å². The lowest BCUT2D eigenvalue weighted by Gasteiger charge is -2.05. The zero-order chi connectivity index (χ0) is 23.3. The summed E-state index contributed by atoms with van der Waals surface area (Å²) in [5.74, 6) is 0.527. The van der Waals surface area contributed by atoms with E-state index in [1.54, 1.807) is 30.4 Å². The Morgan fingerprint density at radius 3 is 2.50 bits per heavy atom. The Kier molecular flexibility index (Phi) is 6.13. The van der Waals surface area contributed by atoms with Gasteiger partial charge in [0.25, 0.3) is 5.91 Å². The van der Waals surface area contributed by atoms with E-state index in [4.69, 9.17) is 9.84 Å². The topological polar surface area (TPSA) is 81.9 Å². The quantitative estimate of drug-likeness (QED) is 0.364. The minimum atomic E-state index is -0.214. The molecule has 0 radical (unpaired) electrons. The van der Waals surface area contributed by atoms with Crippen molar-refractivity contribution in [2.75, 3.05) is 7.11 Å². The van der Waals surface area contributed by atoms with Gasteiger partial charge in [-0.1, -0.05) is 18.2 Å². The Hall–Kier alpha value is -4.30. The highest BCUT2D eigenvalue weighted by molar-refractivity contribution is 7.09. The Bertz CT molecular complexity index is 1400. The summed E-state index contributed by atoms with van der Waals surface area (Å²) in [6, 6.07) is 21.0. The van der Waals surface area contributed by atoms with Gasteiger partial charge in [-0.2, -0.15) is 5.10 Å². The molecule has 8 heteroatoms. The van der Waals surface area contributed by atoms with Gasteiger partial charge >= 0.3 is 0 Å². The van der Waals surface area contributed by atoms with E-state index >= 15 is 0 Å². The molecule has 0 saturated heterocycles. The van der Waals surface area contributed by atoms with Gasteiger partial charge in [0.15, 0.2) is 0 Å². The maximum absolute atomic E-state index is 13.2. The number of thiazole rings is 1. The summed E-state index contributed by atoms with van der Waals surface area (Å²) in [4.78, 5) is 21.9. The molecule has 0 aliphatic rings. The molecule has 0 aliphatic heterocycles. The molecule has 0 unspecified atom stereocenters. The van der Waals surface area contributed by atoms with E-state index in [1.807, 2.05) is 72.1 Å². The van der Waals surface area contributed by atoms with Crippen LogP contribution in [0.25, 0.3) is 28.2 Å². The maximum atomic E-state index is 13.2. The molecule has 7 nitrogen and oxygen atoms in total. The largest absolute Gasteiger partial charge is 0.497 e. The van der Waals surface area contributed by atoms with Crippen LogP contribution in [0.15, 0.2) is 90.7 Å². The Labute approximate surface area is 200 Å². The van der Waals surface area contributed by atoms with Crippen LogP contribution in [0.2, 0.25) is 0 Å². The molecule has 3 heterocycles. The fraction of sp³-hybridized carbons (Fsp3) is 0.0769. The van der Waals surface area contributed by atoms with Crippen LogP contribution in [0.3, 0.4) is 0 Å². The smallest absolute Gasteiger partial charge is 0.255 e. The molecule has 1 N–H and O–H groups in total. The number of methoxy groups -OCH3 is 1. The van der Waals surface area contributed by atoms with Crippen LogP contribution < -0.4 is 10.1 Å². The van der Waals surface area contributed by atoms with Gasteiger partial charge in [0.05, 0.1) is 30.6 Å². The van der Waals surface area contributed by atoms with Crippen LogP contribution in [0.1, 0.15) is 15.4 Å². The molecule has 0 bridgehead atoms. The minimum absolute atomic E-state index is 0.214. The Morgan fingerprint density at radius 2 is 1.76 bits per heavy atom.